The maximum Gasteiger partial charge on any atom is 0.138 e. The molecule has 1 nitrogen and oxygen atoms in total. The highest BCUT2D eigenvalue weighted by Crippen LogP contribution is 2.33. The third-order valence-electron chi connectivity index (χ3n) is 2.79. The largest absolute Gasteiger partial charge is 0.492 e. The lowest BCUT2D eigenvalue weighted by Crippen LogP contribution is -2.00. The molecule has 0 saturated heterocycles. The zero-order valence-electron chi connectivity index (χ0n) is 9.29. The van der Waals surface area contributed by atoms with Crippen molar-refractivity contribution in [3.05, 3.63) is 28.8 Å². The standard InChI is InChI=1S/C13H17ClO/c1-9(2)11-5-6-12(14)13(7-11)15-8-10-3-4-10/h5-7,9-10H,3-4,8H2,1-2H3. The Morgan fingerprint density at radius 1 is 1.40 bits per heavy atom. The van der Waals surface area contributed by atoms with Gasteiger partial charge in [-0.15, -0.1) is 0 Å². The average Bonchev–Trinajstić information content (AvgIpc) is 3.00. The van der Waals surface area contributed by atoms with Crippen molar-refractivity contribution in [3.63, 3.8) is 0 Å². The highest BCUT2D eigenvalue weighted by molar-refractivity contribution is 6.32. The minimum atomic E-state index is 0.519. The molecule has 0 atom stereocenters. The number of hydrogen-bond acceptors (Lipinski definition) is 1. The quantitative estimate of drug-likeness (QED) is 0.743. The first-order chi connectivity index (χ1) is 7.16. The van der Waals surface area contributed by atoms with Crippen LogP contribution in [-0.4, -0.2) is 6.61 Å². The molecule has 0 aliphatic heterocycles. The van der Waals surface area contributed by atoms with Crippen LogP contribution < -0.4 is 4.74 Å². The van der Waals surface area contributed by atoms with E-state index in [-0.39, 0.29) is 0 Å². The van der Waals surface area contributed by atoms with Crippen LogP contribution in [0, 0.1) is 5.92 Å². The van der Waals surface area contributed by atoms with Crippen LogP contribution in [0.15, 0.2) is 18.2 Å². The Balaban J connectivity index is 2.08. The molecule has 0 heterocycles. The van der Waals surface area contributed by atoms with Gasteiger partial charge in [0, 0.05) is 0 Å². The second-order valence-corrected chi connectivity index (χ2v) is 5.01. The molecule has 1 aromatic rings. The Bertz CT molecular complexity index is 342. The van der Waals surface area contributed by atoms with Crippen LogP contribution in [0.4, 0.5) is 0 Å². The maximum absolute atomic E-state index is 6.08. The van der Waals surface area contributed by atoms with Gasteiger partial charge in [-0.2, -0.15) is 0 Å². The van der Waals surface area contributed by atoms with Gasteiger partial charge in [-0.25, -0.2) is 0 Å². The molecular formula is C13H17ClO. The number of rotatable bonds is 4. The molecule has 0 N–H and O–H groups in total. The zero-order valence-corrected chi connectivity index (χ0v) is 10.1. The fraction of sp³-hybridized carbons (Fsp3) is 0.538. The number of hydrogen-bond donors (Lipinski definition) is 0. The van der Waals surface area contributed by atoms with Crippen molar-refractivity contribution in [1.82, 2.24) is 0 Å². The Morgan fingerprint density at radius 3 is 2.73 bits per heavy atom. The van der Waals surface area contributed by atoms with E-state index in [1.165, 1.54) is 18.4 Å². The molecule has 1 fully saturated rings. The van der Waals surface area contributed by atoms with Crippen LogP contribution in [-0.2, 0) is 0 Å². The van der Waals surface area contributed by atoms with Gasteiger partial charge < -0.3 is 4.74 Å². The van der Waals surface area contributed by atoms with E-state index < -0.39 is 0 Å². The first-order valence-corrected chi connectivity index (χ1v) is 5.97. The molecule has 1 aromatic carbocycles. The maximum atomic E-state index is 6.08. The Morgan fingerprint density at radius 2 is 2.13 bits per heavy atom. The van der Waals surface area contributed by atoms with Crippen molar-refractivity contribution >= 4 is 11.6 Å². The van der Waals surface area contributed by atoms with E-state index in [2.05, 4.69) is 26.0 Å². The molecule has 1 aliphatic carbocycles. The first-order valence-electron chi connectivity index (χ1n) is 5.59. The third kappa shape index (κ3) is 2.88. The summed E-state index contributed by atoms with van der Waals surface area (Å²) in [4.78, 5) is 0. The fourth-order valence-corrected chi connectivity index (χ4v) is 1.65. The van der Waals surface area contributed by atoms with E-state index in [0.29, 0.717) is 5.92 Å². The lowest BCUT2D eigenvalue weighted by molar-refractivity contribution is 0.299. The van der Waals surface area contributed by atoms with E-state index in [1.807, 2.05) is 6.07 Å². The molecule has 0 unspecified atom stereocenters. The summed E-state index contributed by atoms with van der Waals surface area (Å²) in [6.45, 7) is 5.17. The van der Waals surface area contributed by atoms with Gasteiger partial charge in [-0.3, -0.25) is 0 Å². The molecule has 1 aliphatic rings. The van der Waals surface area contributed by atoms with Gasteiger partial charge >= 0.3 is 0 Å². The van der Waals surface area contributed by atoms with Crippen LogP contribution in [0.5, 0.6) is 5.75 Å². The van der Waals surface area contributed by atoms with Crippen molar-refractivity contribution in [2.24, 2.45) is 5.92 Å². The van der Waals surface area contributed by atoms with Gasteiger partial charge in [-0.05, 0) is 42.4 Å². The summed E-state index contributed by atoms with van der Waals surface area (Å²) in [5.74, 6) is 2.13. The minimum absolute atomic E-state index is 0.519. The number of benzene rings is 1. The molecule has 0 bridgehead atoms. The molecule has 15 heavy (non-hydrogen) atoms. The summed E-state index contributed by atoms with van der Waals surface area (Å²) in [5, 5.41) is 0.722. The van der Waals surface area contributed by atoms with Crippen molar-refractivity contribution in [2.45, 2.75) is 32.6 Å². The SMILES string of the molecule is CC(C)c1ccc(Cl)c(OCC2CC2)c1. The highest BCUT2D eigenvalue weighted by atomic mass is 35.5. The normalized spacial score (nSPS) is 15.7. The summed E-state index contributed by atoms with van der Waals surface area (Å²) < 4.78 is 5.72. The van der Waals surface area contributed by atoms with Crippen LogP contribution in [0.3, 0.4) is 0 Å². The van der Waals surface area contributed by atoms with Crippen LogP contribution in [0.2, 0.25) is 5.02 Å². The van der Waals surface area contributed by atoms with Crippen molar-refractivity contribution in [1.29, 1.82) is 0 Å². The Labute approximate surface area is 96.4 Å². The molecule has 0 aromatic heterocycles. The zero-order chi connectivity index (χ0) is 10.8. The van der Waals surface area contributed by atoms with Gasteiger partial charge in [-0.1, -0.05) is 31.5 Å². The molecule has 2 heteroatoms. The average molecular weight is 225 g/mol. The summed E-state index contributed by atoms with van der Waals surface area (Å²) in [6.07, 6.45) is 2.61. The van der Waals surface area contributed by atoms with Crippen molar-refractivity contribution in [3.8, 4) is 5.75 Å². The molecule has 2 rings (SSSR count). The topological polar surface area (TPSA) is 9.23 Å². The summed E-state index contributed by atoms with van der Waals surface area (Å²) >= 11 is 6.08. The van der Waals surface area contributed by atoms with E-state index in [4.69, 9.17) is 16.3 Å². The van der Waals surface area contributed by atoms with Crippen LogP contribution in [0.1, 0.15) is 38.2 Å². The second-order valence-electron chi connectivity index (χ2n) is 4.60. The Kier molecular flexibility index (Phi) is 3.20. The number of ether oxygens (including phenoxy) is 1. The van der Waals surface area contributed by atoms with Gasteiger partial charge in [0.25, 0.3) is 0 Å². The van der Waals surface area contributed by atoms with Crippen LogP contribution in [0.25, 0.3) is 0 Å². The van der Waals surface area contributed by atoms with E-state index >= 15 is 0 Å². The Hall–Kier alpha value is -0.690. The van der Waals surface area contributed by atoms with E-state index in [9.17, 15) is 0 Å². The molecule has 0 spiro atoms. The van der Waals surface area contributed by atoms with Gasteiger partial charge in [0.1, 0.15) is 5.75 Å². The molecule has 1 saturated carbocycles. The highest BCUT2D eigenvalue weighted by Gasteiger charge is 2.22. The van der Waals surface area contributed by atoms with Crippen molar-refractivity contribution in [2.75, 3.05) is 6.61 Å². The lowest BCUT2D eigenvalue weighted by atomic mass is 10.0. The monoisotopic (exact) mass is 224 g/mol. The number of halogens is 1. The first kappa shape index (κ1) is 10.8. The smallest absolute Gasteiger partial charge is 0.138 e. The predicted molar refractivity (Wildman–Crippen MR) is 63.8 cm³/mol. The molecule has 0 amide bonds. The van der Waals surface area contributed by atoms with Crippen LogP contribution >= 0.6 is 11.6 Å². The summed E-state index contributed by atoms with van der Waals surface area (Å²) in [7, 11) is 0. The summed E-state index contributed by atoms with van der Waals surface area (Å²) in [5.41, 5.74) is 1.28. The summed E-state index contributed by atoms with van der Waals surface area (Å²) in [6, 6.07) is 6.06. The van der Waals surface area contributed by atoms with E-state index in [0.717, 1.165) is 23.3 Å². The predicted octanol–water partition coefficient (Wildman–Crippen LogP) is 4.25. The van der Waals surface area contributed by atoms with Crippen molar-refractivity contribution < 1.29 is 4.74 Å². The van der Waals surface area contributed by atoms with Gasteiger partial charge in [0.05, 0.1) is 11.6 Å². The lowest BCUT2D eigenvalue weighted by Gasteiger charge is -2.11. The van der Waals surface area contributed by atoms with E-state index in [1.54, 1.807) is 0 Å². The molecule has 0 radical (unpaired) electrons. The second kappa shape index (κ2) is 4.44. The molecular weight excluding hydrogens is 208 g/mol. The third-order valence-corrected chi connectivity index (χ3v) is 3.11. The fourth-order valence-electron chi connectivity index (χ4n) is 1.48. The van der Waals surface area contributed by atoms with Gasteiger partial charge in [0.2, 0.25) is 0 Å². The minimum Gasteiger partial charge on any atom is -0.492 e. The van der Waals surface area contributed by atoms with Gasteiger partial charge in [0.15, 0.2) is 0 Å². The molecule has 82 valence electrons.